The zero-order valence-electron chi connectivity index (χ0n) is 18.3. The van der Waals surface area contributed by atoms with Crippen LogP contribution in [0, 0.1) is 0 Å². The van der Waals surface area contributed by atoms with Crippen molar-refractivity contribution in [2.45, 2.75) is 88.8 Å². The van der Waals surface area contributed by atoms with Crippen molar-refractivity contribution in [2.75, 3.05) is 39.3 Å². The van der Waals surface area contributed by atoms with Crippen LogP contribution in [0.2, 0.25) is 0 Å². The van der Waals surface area contributed by atoms with Crippen LogP contribution in [0.1, 0.15) is 45.4 Å². The highest BCUT2D eigenvalue weighted by molar-refractivity contribution is 4.87. The van der Waals surface area contributed by atoms with Crippen molar-refractivity contribution in [3.8, 4) is 0 Å². The first-order valence-corrected chi connectivity index (χ1v) is 11.7. The summed E-state index contributed by atoms with van der Waals surface area (Å²) in [7, 11) is 0. The number of rotatable bonds is 7. The second-order valence-corrected chi connectivity index (χ2v) is 9.21. The lowest BCUT2D eigenvalue weighted by Crippen LogP contribution is -2.76. The Morgan fingerprint density at radius 3 is 2.35 bits per heavy atom. The second-order valence-electron chi connectivity index (χ2n) is 9.21. The molecule has 0 aromatic heterocycles. The molecule has 0 bridgehead atoms. The van der Waals surface area contributed by atoms with Crippen molar-refractivity contribution in [3.05, 3.63) is 0 Å². The lowest BCUT2D eigenvalue weighted by Gasteiger charge is -2.46. The molecule has 0 radical (unpaired) electrons. The van der Waals surface area contributed by atoms with E-state index in [0.29, 0.717) is 12.6 Å². The summed E-state index contributed by atoms with van der Waals surface area (Å²) in [6.07, 6.45) is 1.22. The van der Waals surface area contributed by atoms with Crippen LogP contribution in [0.3, 0.4) is 0 Å². The van der Waals surface area contributed by atoms with Gasteiger partial charge in [0.05, 0.1) is 12.2 Å². The first-order valence-electron chi connectivity index (χ1n) is 11.7. The topological polar surface area (TPSA) is 73.1 Å². The molecule has 0 amide bonds. The van der Waals surface area contributed by atoms with Crippen LogP contribution in [0.25, 0.3) is 0 Å². The summed E-state index contributed by atoms with van der Waals surface area (Å²) >= 11 is 0. The maximum atomic E-state index is 12.7. The average molecular weight is 451 g/mol. The Morgan fingerprint density at radius 1 is 0.968 bits per heavy atom. The molecule has 4 saturated heterocycles. The van der Waals surface area contributed by atoms with Gasteiger partial charge in [-0.25, -0.2) is 0 Å². The standard InChI is InChI=1S/C20H37F3N6O2/c1-14-4-5-16(31-14)12-24-17-25-18(27-19(26-17)30-13-20(21,22)23)29-10-6-15(7-11-29)28-8-2-3-9-28/h14-19,24-27H,2-13H2,1H3. The smallest absolute Gasteiger partial charge is 0.374 e. The molecule has 8 nitrogen and oxygen atoms in total. The van der Waals surface area contributed by atoms with Crippen LogP contribution in [0.4, 0.5) is 13.2 Å². The Labute approximate surface area is 182 Å². The maximum absolute atomic E-state index is 12.7. The van der Waals surface area contributed by atoms with Crippen molar-refractivity contribution in [1.82, 2.24) is 31.1 Å². The van der Waals surface area contributed by atoms with Crippen LogP contribution in [0.15, 0.2) is 0 Å². The number of nitrogens with zero attached hydrogens (tertiary/aromatic N) is 2. The first-order chi connectivity index (χ1) is 14.9. The molecule has 180 valence electrons. The van der Waals surface area contributed by atoms with E-state index in [2.05, 4.69) is 38.0 Å². The van der Waals surface area contributed by atoms with Gasteiger partial charge in [0.1, 0.15) is 19.2 Å². The fraction of sp³-hybridized carbons (Fsp3) is 1.00. The van der Waals surface area contributed by atoms with E-state index in [1.807, 2.05) is 0 Å². The number of alkyl halides is 3. The highest BCUT2D eigenvalue weighted by Gasteiger charge is 2.37. The minimum atomic E-state index is -4.37. The molecule has 5 unspecified atom stereocenters. The molecule has 4 aliphatic heterocycles. The second kappa shape index (κ2) is 10.6. The fourth-order valence-electron chi connectivity index (χ4n) is 5.10. The predicted octanol–water partition coefficient (Wildman–Crippen LogP) is 0.916. The summed E-state index contributed by atoms with van der Waals surface area (Å²) in [5.74, 6) is 0. The highest BCUT2D eigenvalue weighted by atomic mass is 19.4. The molecule has 11 heteroatoms. The zero-order valence-corrected chi connectivity index (χ0v) is 18.3. The van der Waals surface area contributed by atoms with Crippen molar-refractivity contribution in [1.29, 1.82) is 0 Å². The Bertz CT molecular complexity index is 558. The largest absolute Gasteiger partial charge is 0.411 e. The van der Waals surface area contributed by atoms with Crippen LogP contribution in [-0.2, 0) is 9.47 Å². The Balaban J connectivity index is 1.30. The lowest BCUT2D eigenvalue weighted by atomic mass is 10.0. The van der Waals surface area contributed by atoms with Gasteiger partial charge in [-0.2, -0.15) is 13.2 Å². The molecular weight excluding hydrogens is 413 g/mol. The molecule has 31 heavy (non-hydrogen) atoms. The molecule has 0 spiro atoms. The number of piperidine rings is 1. The van der Waals surface area contributed by atoms with Crippen molar-refractivity contribution >= 4 is 0 Å². The van der Waals surface area contributed by atoms with Gasteiger partial charge in [-0.05, 0) is 58.5 Å². The summed E-state index contributed by atoms with van der Waals surface area (Å²) in [5.41, 5.74) is 0. The Kier molecular flexibility index (Phi) is 8.08. The summed E-state index contributed by atoms with van der Waals surface area (Å²) in [6, 6.07) is 0.619. The van der Waals surface area contributed by atoms with Crippen molar-refractivity contribution < 1.29 is 22.6 Å². The predicted molar refractivity (Wildman–Crippen MR) is 110 cm³/mol. The number of ether oxygens (including phenoxy) is 2. The minimum Gasteiger partial charge on any atom is -0.374 e. The molecule has 0 aliphatic carbocycles. The normalized spacial score (nSPS) is 37.0. The van der Waals surface area contributed by atoms with Crippen molar-refractivity contribution in [3.63, 3.8) is 0 Å². The van der Waals surface area contributed by atoms with Gasteiger partial charge in [-0.15, -0.1) is 0 Å². The van der Waals surface area contributed by atoms with Gasteiger partial charge in [-0.1, -0.05) is 0 Å². The molecule has 0 aromatic carbocycles. The van der Waals surface area contributed by atoms with Gasteiger partial charge in [0.2, 0.25) is 0 Å². The molecular formula is C20H37F3N6O2. The SMILES string of the molecule is CC1CCC(CNC2NC(OCC(F)(F)F)NC(N3CCC(N4CCCC4)CC3)N2)O1. The molecule has 4 rings (SSSR count). The molecule has 4 fully saturated rings. The third kappa shape index (κ3) is 6.97. The number of hydrogen-bond acceptors (Lipinski definition) is 8. The quantitative estimate of drug-likeness (QED) is 0.457. The highest BCUT2D eigenvalue weighted by Crippen LogP contribution is 2.22. The number of halogens is 3. The number of likely N-dealkylation sites (tertiary alicyclic amines) is 2. The molecule has 4 aliphatic rings. The van der Waals surface area contributed by atoms with E-state index < -0.39 is 19.1 Å². The van der Waals surface area contributed by atoms with Crippen LogP contribution in [-0.4, -0.2) is 92.5 Å². The summed E-state index contributed by atoms with van der Waals surface area (Å²) in [4.78, 5) is 4.85. The first kappa shape index (κ1) is 23.6. The molecule has 0 saturated carbocycles. The van der Waals surface area contributed by atoms with E-state index in [1.165, 1.54) is 25.9 Å². The molecule has 5 atom stereocenters. The van der Waals surface area contributed by atoms with E-state index >= 15 is 0 Å². The van der Waals surface area contributed by atoms with E-state index in [9.17, 15) is 13.2 Å². The van der Waals surface area contributed by atoms with E-state index in [-0.39, 0.29) is 24.8 Å². The summed E-state index contributed by atoms with van der Waals surface area (Å²) in [6.45, 7) is 5.57. The Hall–Kier alpha value is -0.530. The van der Waals surface area contributed by atoms with Crippen LogP contribution in [0.5, 0.6) is 0 Å². The van der Waals surface area contributed by atoms with Gasteiger partial charge in [0, 0.05) is 25.7 Å². The fourth-order valence-corrected chi connectivity index (χ4v) is 5.10. The third-order valence-corrected chi connectivity index (χ3v) is 6.76. The summed E-state index contributed by atoms with van der Waals surface area (Å²) < 4.78 is 49.0. The monoisotopic (exact) mass is 450 g/mol. The van der Waals surface area contributed by atoms with E-state index in [0.717, 1.165) is 38.8 Å². The van der Waals surface area contributed by atoms with Crippen LogP contribution >= 0.6 is 0 Å². The minimum absolute atomic E-state index is 0.123. The van der Waals surface area contributed by atoms with E-state index in [4.69, 9.17) is 9.47 Å². The molecule has 0 aromatic rings. The van der Waals surface area contributed by atoms with Gasteiger partial charge >= 0.3 is 6.18 Å². The summed E-state index contributed by atoms with van der Waals surface area (Å²) in [5, 5.41) is 13.0. The maximum Gasteiger partial charge on any atom is 0.411 e. The van der Waals surface area contributed by atoms with Gasteiger partial charge in [-0.3, -0.25) is 26.2 Å². The number of hydrogen-bond donors (Lipinski definition) is 4. The van der Waals surface area contributed by atoms with Gasteiger partial charge < -0.3 is 14.4 Å². The van der Waals surface area contributed by atoms with Crippen LogP contribution < -0.4 is 21.3 Å². The van der Waals surface area contributed by atoms with E-state index in [1.54, 1.807) is 0 Å². The Morgan fingerprint density at radius 2 is 1.71 bits per heavy atom. The zero-order chi connectivity index (χ0) is 21.8. The van der Waals surface area contributed by atoms with Gasteiger partial charge in [0.25, 0.3) is 0 Å². The van der Waals surface area contributed by atoms with Gasteiger partial charge in [0.15, 0.2) is 6.35 Å². The molecule has 4 heterocycles. The van der Waals surface area contributed by atoms with Crippen molar-refractivity contribution in [2.24, 2.45) is 0 Å². The molecule has 4 N–H and O–H groups in total. The average Bonchev–Trinajstić information content (AvgIpc) is 3.42. The number of nitrogens with one attached hydrogen (secondary N) is 4. The third-order valence-electron chi connectivity index (χ3n) is 6.76. The lowest BCUT2D eigenvalue weighted by molar-refractivity contribution is -0.202.